The molecule has 0 rings (SSSR count). The number of hydrogen-bond donors (Lipinski definition) is 2. The Bertz CT molecular complexity index is 70.8. The summed E-state index contributed by atoms with van der Waals surface area (Å²) in [7, 11) is -2.38. The van der Waals surface area contributed by atoms with Gasteiger partial charge in [0.2, 0.25) is 0 Å². The van der Waals surface area contributed by atoms with Gasteiger partial charge in [-0.15, -0.1) is 0 Å². The predicted molar refractivity (Wildman–Crippen MR) is 35.9 cm³/mol. The van der Waals surface area contributed by atoms with Crippen molar-refractivity contribution in [2.24, 2.45) is 0 Å². The molecule has 50 valence electrons. The molecule has 0 fully saturated rings. The van der Waals surface area contributed by atoms with Gasteiger partial charge in [-0.05, 0) is 6.42 Å². The fourth-order valence-corrected chi connectivity index (χ4v) is 0.548. The van der Waals surface area contributed by atoms with Crippen molar-refractivity contribution in [1.29, 1.82) is 0 Å². The average Bonchev–Trinajstić information content (AvgIpc) is 1.67. The molecule has 0 atom stereocenters. The monoisotopic (exact) mass is 134 g/mol. The van der Waals surface area contributed by atoms with E-state index in [0.717, 1.165) is 6.42 Å². The van der Waals surface area contributed by atoms with Crippen LogP contribution in [0.1, 0.15) is 27.2 Å². The summed E-state index contributed by atoms with van der Waals surface area (Å²) in [5.41, 5.74) is 0. The molecule has 0 unspecified atom stereocenters. The molecule has 0 heterocycles. The largest absolute Gasteiger partial charge is 0.413 e. The van der Waals surface area contributed by atoms with Crippen molar-refractivity contribution < 1.29 is 9.59 Å². The van der Waals surface area contributed by atoms with Gasteiger partial charge >= 0.3 is 9.28 Å². The van der Waals surface area contributed by atoms with Crippen LogP contribution in [0.4, 0.5) is 0 Å². The van der Waals surface area contributed by atoms with Crippen LogP contribution in [0.2, 0.25) is 5.04 Å². The van der Waals surface area contributed by atoms with Crippen LogP contribution in [0.25, 0.3) is 0 Å². The van der Waals surface area contributed by atoms with Gasteiger partial charge in [-0.1, -0.05) is 20.8 Å². The first-order chi connectivity index (χ1) is 3.50. The molecule has 0 radical (unpaired) electrons. The highest BCUT2D eigenvalue weighted by Crippen LogP contribution is 2.28. The molecule has 2 nitrogen and oxygen atoms in total. The van der Waals surface area contributed by atoms with Gasteiger partial charge < -0.3 is 9.59 Å². The Balaban J connectivity index is 3.71. The van der Waals surface area contributed by atoms with Gasteiger partial charge in [0.05, 0.1) is 0 Å². The first kappa shape index (κ1) is 8.14. The molecule has 0 aliphatic heterocycles. The molecule has 0 spiro atoms. The molecule has 0 aliphatic carbocycles. The van der Waals surface area contributed by atoms with Gasteiger partial charge in [0.15, 0.2) is 0 Å². The molecule has 0 saturated carbocycles. The van der Waals surface area contributed by atoms with Crippen LogP contribution >= 0.6 is 0 Å². The lowest BCUT2D eigenvalue weighted by molar-refractivity contribution is 0.348. The average molecular weight is 134 g/mol. The molecular formula is C5H14O2Si. The van der Waals surface area contributed by atoms with E-state index in [-0.39, 0.29) is 5.04 Å². The molecule has 0 aromatic heterocycles. The lowest BCUT2D eigenvalue weighted by Crippen LogP contribution is -2.26. The van der Waals surface area contributed by atoms with E-state index in [9.17, 15) is 0 Å². The minimum absolute atomic E-state index is 0.208. The third-order valence-corrected chi connectivity index (χ3v) is 3.42. The summed E-state index contributed by atoms with van der Waals surface area (Å²) in [6, 6.07) is 0. The van der Waals surface area contributed by atoms with E-state index in [2.05, 4.69) is 0 Å². The Morgan fingerprint density at radius 1 is 1.38 bits per heavy atom. The molecule has 0 aromatic carbocycles. The van der Waals surface area contributed by atoms with Crippen molar-refractivity contribution in [2.45, 2.75) is 32.2 Å². The van der Waals surface area contributed by atoms with Crippen LogP contribution in [0, 0.1) is 0 Å². The highest BCUT2D eigenvalue weighted by molar-refractivity contribution is 6.45. The lowest BCUT2D eigenvalue weighted by Gasteiger charge is -2.21. The van der Waals surface area contributed by atoms with E-state index in [1.54, 1.807) is 0 Å². The normalized spacial score (nSPS) is 12.8. The molecule has 0 bridgehead atoms. The summed E-state index contributed by atoms with van der Waals surface area (Å²) in [5, 5.41) is -0.208. The topological polar surface area (TPSA) is 40.5 Å². The van der Waals surface area contributed by atoms with Crippen molar-refractivity contribution in [3.05, 3.63) is 0 Å². The Hall–Kier alpha value is 0.137. The Labute approximate surface area is 52.0 Å². The van der Waals surface area contributed by atoms with Gasteiger partial charge in [0, 0.05) is 5.04 Å². The zero-order valence-electron chi connectivity index (χ0n) is 5.68. The summed E-state index contributed by atoms with van der Waals surface area (Å²) in [6.07, 6.45) is 0.844. The van der Waals surface area contributed by atoms with Crippen molar-refractivity contribution in [1.82, 2.24) is 0 Å². The lowest BCUT2D eigenvalue weighted by atomic mass is 10.1. The highest BCUT2D eigenvalue weighted by atomic mass is 28.3. The van der Waals surface area contributed by atoms with Gasteiger partial charge in [-0.25, -0.2) is 0 Å². The van der Waals surface area contributed by atoms with E-state index in [4.69, 9.17) is 9.59 Å². The minimum Gasteiger partial charge on any atom is -0.413 e. The SMILES string of the molecule is CCC(C)(C)[SiH](O)O. The molecule has 3 heteroatoms. The maximum atomic E-state index is 8.77. The smallest absolute Gasteiger partial charge is 0.321 e. The van der Waals surface area contributed by atoms with Crippen molar-refractivity contribution in [2.75, 3.05) is 0 Å². The predicted octanol–water partition coefficient (Wildman–Crippen LogP) is 0.382. The van der Waals surface area contributed by atoms with E-state index in [1.165, 1.54) is 0 Å². The van der Waals surface area contributed by atoms with Crippen LogP contribution in [-0.4, -0.2) is 18.9 Å². The van der Waals surface area contributed by atoms with Crippen molar-refractivity contribution in [3.8, 4) is 0 Å². The molecule has 0 saturated heterocycles. The van der Waals surface area contributed by atoms with E-state index in [1.807, 2.05) is 20.8 Å². The van der Waals surface area contributed by atoms with E-state index in [0.29, 0.717) is 0 Å². The second-order valence-corrected chi connectivity index (χ2v) is 5.03. The zero-order valence-corrected chi connectivity index (χ0v) is 6.83. The Morgan fingerprint density at radius 2 is 1.75 bits per heavy atom. The van der Waals surface area contributed by atoms with Crippen LogP contribution in [0.5, 0.6) is 0 Å². The standard InChI is InChI=1S/C5H14O2Si/c1-4-5(2,3)8(6)7/h6-8H,4H2,1-3H3. The van der Waals surface area contributed by atoms with E-state index < -0.39 is 9.28 Å². The third kappa shape index (κ3) is 1.94. The molecular weight excluding hydrogens is 120 g/mol. The third-order valence-electron chi connectivity index (χ3n) is 1.61. The Morgan fingerprint density at radius 3 is 1.75 bits per heavy atom. The second kappa shape index (κ2) is 2.62. The quantitative estimate of drug-likeness (QED) is 0.536. The number of hydrogen-bond acceptors (Lipinski definition) is 2. The summed E-state index contributed by atoms with van der Waals surface area (Å²) < 4.78 is 0. The van der Waals surface area contributed by atoms with Crippen molar-refractivity contribution in [3.63, 3.8) is 0 Å². The van der Waals surface area contributed by atoms with Crippen molar-refractivity contribution >= 4 is 9.28 Å². The molecule has 0 aromatic rings. The molecule has 0 amide bonds. The van der Waals surface area contributed by atoms with Crippen LogP contribution < -0.4 is 0 Å². The maximum Gasteiger partial charge on any atom is 0.321 e. The van der Waals surface area contributed by atoms with Gasteiger partial charge in [-0.3, -0.25) is 0 Å². The summed E-state index contributed by atoms with van der Waals surface area (Å²) in [6.45, 7) is 5.72. The summed E-state index contributed by atoms with van der Waals surface area (Å²) in [5.74, 6) is 0. The van der Waals surface area contributed by atoms with Gasteiger partial charge in [0.25, 0.3) is 0 Å². The minimum atomic E-state index is -2.38. The molecule has 0 aliphatic rings. The van der Waals surface area contributed by atoms with Gasteiger partial charge in [0.1, 0.15) is 0 Å². The Kier molecular flexibility index (Phi) is 2.66. The van der Waals surface area contributed by atoms with E-state index >= 15 is 0 Å². The fourth-order valence-electron chi connectivity index (χ4n) is 0.183. The second-order valence-electron chi connectivity index (χ2n) is 2.72. The summed E-state index contributed by atoms with van der Waals surface area (Å²) in [4.78, 5) is 17.5. The first-order valence-corrected chi connectivity index (χ1v) is 4.48. The molecule has 2 N–H and O–H groups in total. The zero-order chi connectivity index (χ0) is 6.78. The number of rotatable bonds is 2. The maximum absolute atomic E-state index is 8.77. The van der Waals surface area contributed by atoms with Crippen LogP contribution in [0.15, 0.2) is 0 Å². The highest BCUT2D eigenvalue weighted by Gasteiger charge is 2.26. The van der Waals surface area contributed by atoms with Gasteiger partial charge in [-0.2, -0.15) is 0 Å². The summed E-state index contributed by atoms with van der Waals surface area (Å²) >= 11 is 0. The fraction of sp³-hybridized carbons (Fsp3) is 1.00. The first-order valence-electron chi connectivity index (χ1n) is 2.87. The van der Waals surface area contributed by atoms with Crippen LogP contribution in [0.3, 0.4) is 0 Å². The van der Waals surface area contributed by atoms with Crippen LogP contribution in [-0.2, 0) is 0 Å². The molecule has 8 heavy (non-hydrogen) atoms.